The zero-order valence-corrected chi connectivity index (χ0v) is 14.1. The van der Waals surface area contributed by atoms with Gasteiger partial charge in [0.05, 0.1) is 6.54 Å². The predicted molar refractivity (Wildman–Crippen MR) is 82.7 cm³/mol. The number of amidine groups is 1. The van der Waals surface area contributed by atoms with Crippen LogP contribution in [-0.4, -0.2) is 24.6 Å². The molecule has 0 atom stereocenters. The van der Waals surface area contributed by atoms with Gasteiger partial charge >= 0.3 is 15.9 Å². The number of hydrogen-bond acceptors (Lipinski definition) is 2. The Morgan fingerprint density at radius 3 is 2.25 bits per heavy atom. The predicted octanol–water partition coefficient (Wildman–Crippen LogP) is 1.47. The number of sulfonamides is 1. The van der Waals surface area contributed by atoms with Crippen LogP contribution >= 0.6 is 34.8 Å². The lowest BCUT2D eigenvalue weighted by Crippen LogP contribution is -2.80. The van der Waals surface area contributed by atoms with Gasteiger partial charge in [0.25, 0.3) is 3.79 Å². The summed E-state index contributed by atoms with van der Waals surface area (Å²) in [7, 11) is -3.79. The molecule has 0 unspecified atom stereocenters. The van der Waals surface area contributed by atoms with Crippen molar-refractivity contribution in [1.82, 2.24) is 4.72 Å². The molecule has 1 aromatic rings. The topological polar surface area (TPSA) is 60.1 Å². The SMILES string of the molecule is CC(C)C[NH+]=C(NS(=O)(=O)c1ccccc1)C(Cl)(Cl)Cl. The molecule has 4 nitrogen and oxygen atoms in total. The maximum atomic E-state index is 12.2. The molecule has 0 saturated carbocycles. The van der Waals surface area contributed by atoms with Gasteiger partial charge in [-0.25, -0.2) is 0 Å². The minimum atomic E-state index is -3.79. The molecular weight excluding hydrogens is 343 g/mol. The van der Waals surface area contributed by atoms with Crippen molar-refractivity contribution in [2.45, 2.75) is 22.5 Å². The van der Waals surface area contributed by atoms with Crippen LogP contribution in [-0.2, 0) is 10.0 Å². The van der Waals surface area contributed by atoms with Gasteiger partial charge in [-0.15, -0.1) is 0 Å². The highest BCUT2D eigenvalue weighted by molar-refractivity contribution is 7.90. The van der Waals surface area contributed by atoms with Gasteiger partial charge in [-0.1, -0.05) is 66.8 Å². The van der Waals surface area contributed by atoms with Crippen molar-refractivity contribution in [3.63, 3.8) is 0 Å². The third kappa shape index (κ3) is 5.48. The second-order valence-corrected chi connectivity index (χ2v) is 8.53. The van der Waals surface area contributed by atoms with Gasteiger partial charge in [-0.3, -0.25) is 4.99 Å². The van der Waals surface area contributed by atoms with Crippen molar-refractivity contribution < 1.29 is 13.4 Å². The van der Waals surface area contributed by atoms with E-state index in [-0.39, 0.29) is 16.6 Å². The van der Waals surface area contributed by atoms with Crippen LogP contribution < -0.4 is 9.71 Å². The molecular formula is C12H16Cl3N2O2S+. The first kappa shape index (κ1) is 17.6. The summed E-state index contributed by atoms with van der Waals surface area (Å²) in [5.74, 6) is 0.179. The fourth-order valence-corrected chi connectivity index (χ4v) is 2.93. The van der Waals surface area contributed by atoms with E-state index in [9.17, 15) is 8.42 Å². The summed E-state index contributed by atoms with van der Waals surface area (Å²) in [6, 6.07) is 7.87. The minimum absolute atomic E-state index is 0.0833. The summed E-state index contributed by atoms with van der Waals surface area (Å²) in [5, 5.41) is 0. The zero-order chi connectivity index (χ0) is 15.4. The van der Waals surface area contributed by atoms with E-state index in [4.69, 9.17) is 34.8 Å². The number of alkyl halides is 3. The molecule has 0 spiro atoms. The molecule has 0 fully saturated rings. The molecule has 112 valence electrons. The average Bonchev–Trinajstić information content (AvgIpc) is 2.34. The minimum Gasteiger partial charge on any atom is -0.274 e. The second-order valence-electron chi connectivity index (χ2n) is 4.57. The van der Waals surface area contributed by atoms with Crippen molar-refractivity contribution in [3.8, 4) is 0 Å². The normalized spacial score (nSPS) is 13.6. The second kappa shape index (κ2) is 6.98. The Labute approximate surface area is 134 Å². The Balaban J connectivity index is 3.05. The van der Waals surface area contributed by atoms with Gasteiger partial charge in [0.15, 0.2) is 0 Å². The third-order valence-corrected chi connectivity index (χ3v) is 4.19. The molecule has 0 amide bonds. The van der Waals surface area contributed by atoms with Crippen LogP contribution in [0.15, 0.2) is 35.2 Å². The molecule has 2 N–H and O–H groups in total. The van der Waals surface area contributed by atoms with E-state index in [1.807, 2.05) is 13.8 Å². The summed E-state index contributed by atoms with van der Waals surface area (Å²) in [4.78, 5) is 2.91. The number of hydrogen-bond donors (Lipinski definition) is 2. The summed E-state index contributed by atoms with van der Waals surface area (Å²) < 4.78 is 24.8. The van der Waals surface area contributed by atoms with Crippen LogP contribution in [0.25, 0.3) is 0 Å². The molecule has 1 aromatic carbocycles. The smallest absolute Gasteiger partial charge is 0.274 e. The lowest BCUT2D eigenvalue weighted by atomic mass is 10.2. The van der Waals surface area contributed by atoms with Gasteiger partial charge in [0.1, 0.15) is 4.90 Å². The molecule has 20 heavy (non-hydrogen) atoms. The average molecular weight is 359 g/mol. The van der Waals surface area contributed by atoms with Crippen molar-refractivity contribution in [3.05, 3.63) is 30.3 Å². The molecule has 0 saturated heterocycles. The van der Waals surface area contributed by atoms with E-state index in [0.29, 0.717) is 6.54 Å². The first-order valence-corrected chi connectivity index (χ1v) is 8.50. The maximum Gasteiger partial charge on any atom is 0.328 e. The fraction of sp³-hybridized carbons (Fsp3) is 0.417. The molecule has 0 radical (unpaired) electrons. The van der Waals surface area contributed by atoms with E-state index >= 15 is 0 Å². The van der Waals surface area contributed by atoms with Crippen LogP contribution in [0.4, 0.5) is 0 Å². The van der Waals surface area contributed by atoms with Crippen LogP contribution in [0, 0.1) is 5.92 Å². The summed E-state index contributed by atoms with van der Waals surface area (Å²) in [6.07, 6.45) is 0. The van der Waals surface area contributed by atoms with Gasteiger partial charge in [0.2, 0.25) is 0 Å². The first-order valence-electron chi connectivity index (χ1n) is 5.89. The highest BCUT2D eigenvalue weighted by atomic mass is 35.6. The van der Waals surface area contributed by atoms with Gasteiger partial charge in [-0.2, -0.15) is 13.1 Å². The van der Waals surface area contributed by atoms with Crippen molar-refractivity contribution in [1.29, 1.82) is 0 Å². The monoisotopic (exact) mass is 357 g/mol. The fourth-order valence-electron chi connectivity index (χ4n) is 1.29. The standard InChI is InChI=1S/C12H15Cl3N2O2S/c1-9(2)8-16-11(12(13,14)15)17-20(18,19)10-6-4-3-5-7-10/h3-7,9H,8H2,1-2H3,(H,16,17)/p+1. The molecule has 0 aliphatic carbocycles. The summed E-state index contributed by atoms with van der Waals surface area (Å²) in [5.41, 5.74) is 0. The largest absolute Gasteiger partial charge is 0.328 e. The number of benzene rings is 1. The Hall–Kier alpha value is -0.490. The quantitative estimate of drug-likeness (QED) is 0.486. The summed E-state index contributed by atoms with van der Waals surface area (Å²) in [6.45, 7) is 4.38. The molecule has 0 bridgehead atoms. The molecule has 0 aromatic heterocycles. The van der Waals surface area contributed by atoms with Gasteiger partial charge in [0, 0.05) is 0 Å². The molecule has 0 aliphatic rings. The Bertz CT molecular complexity index is 566. The maximum absolute atomic E-state index is 12.2. The lowest BCUT2D eigenvalue weighted by molar-refractivity contribution is -0.467. The molecule has 1 rings (SSSR count). The van der Waals surface area contributed by atoms with Crippen molar-refractivity contribution in [2.75, 3.05) is 6.54 Å². The van der Waals surface area contributed by atoms with Crippen LogP contribution in [0.1, 0.15) is 13.8 Å². The number of rotatable bonds is 4. The lowest BCUT2D eigenvalue weighted by Gasteiger charge is -2.11. The van der Waals surface area contributed by atoms with E-state index in [2.05, 4.69) is 9.71 Å². The number of nitrogens with one attached hydrogen (secondary N) is 2. The van der Waals surface area contributed by atoms with E-state index in [1.165, 1.54) is 12.1 Å². The highest BCUT2D eigenvalue weighted by Crippen LogP contribution is 2.25. The van der Waals surface area contributed by atoms with Crippen LogP contribution in [0.2, 0.25) is 0 Å². The molecule has 0 aliphatic heterocycles. The van der Waals surface area contributed by atoms with E-state index in [1.54, 1.807) is 18.2 Å². The molecule has 0 heterocycles. The highest BCUT2D eigenvalue weighted by Gasteiger charge is 2.38. The first-order chi connectivity index (χ1) is 9.13. The Morgan fingerprint density at radius 1 is 1.25 bits per heavy atom. The van der Waals surface area contributed by atoms with Crippen molar-refractivity contribution >= 4 is 50.7 Å². The number of halogens is 3. The van der Waals surface area contributed by atoms with Crippen LogP contribution in [0.5, 0.6) is 0 Å². The van der Waals surface area contributed by atoms with Gasteiger partial charge < -0.3 is 0 Å². The van der Waals surface area contributed by atoms with E-state index in [0.717, 1.165) is 0 Å². The van der Waals surface area contributed by atoms with Crippen molar-refractivity contribution in [2.24, 2.45) is 5.92 Å². The zero-order valence-electron chi connectivity index (χ0n) is 11.0. The summed E-state index contributed by atoms with van der Waals surface area (Å²) >= 11 is 17.3. The van der Waals surface area contributed by atoms with Gasteiger partial charge in [-0.05, 0) is 18.1 Å². The Kier molecular flexibility index (Phi) is 6.13. The van der Waals surface area contributed by atoms with E-state index < -0.39 is 13.8 Å². The molecule has 8 heteroatoms. The third-order valence-electron chi connectivity index (χ3n) is 2.26. The Morgan fingerprint density at radius 2 is 1.80 bits per heavy atom. The van der Waals surface area contributed by atoms with Crippen LogP contribution in [0.3, 0.4) is 0 Å².